The predicted octanol–water partition coefficient (Wildman–Crippen LogP) is 4.52. The van der Waals surface area contributed by atoms with Crippen LogP contribution in [0.25, 0.3) is 22.4 Å². The van der Waals surface area contributed by atoms with Gasteiger partial charge in [0.25, 0.3) is 0 Å². The molecule has 0 aliphatic heterocycles. The van der Waals surface area contributed by atoms with Gasteiger partial charge >= 0.3 is 5.97 Å². The number of halogens is 1. The summed E-state index contributed by atoms with van der Waals surface area (Å²) in [5, 5.41) is 1.33. The number of nitrogens with zero attached hydrogens (tertiary/aromatic N) is 1. The van der Waals surface area contributed by atoms with E-state index in [1.54, 1.807) is 6.92 Å². The lowest BCUT2D eigenvalue weighted by atomic mass is 10.1. The first-order valence-corrected chi connectivity index (χ1v) is 7.93. The van der Waals surface area contributed by atoms with E-state index in [0.717, 1.165) is 22.4 Å². The summed E-state index contributed by atoms with van der Waals surface area (Å²) in [5.41, 5.74) is 10.1. The highest BCUT2D eigenvalue weighted by molar-refractivity contribution is 6.31. The van der Waals surface area contributed by atoms with Gasteiger partial charge in [-0.1, -0.05) is 17.7 Å². The molecule has 24 heavy (non-hydrogen) atoms. The number of benzene rings is 1. The standard InChI is InChI=1S/C18H17ClN2O3/c1-4-23-18(22)16-15(20)14-10(3)8-13(21-17(14)24-16)11-5-6-12(19)9(2)7-11/h5-8H,4,20H2,1-3H3. The number of nitrogen functional groups attached to an aromatic ring is 1. The Morgan fingerprint density at radius 1 is 1.29 bits per heavy atom. The van der Waals surface area contributed by atoms with Crippen molar-refractivity contribution in [3.8, 4) is 11.3 Å². The van der Waals surface area contributed by atoms with Crippen LogP contribution in [-0.2, 0) is 4.74 Å². The van der Waals surface area contributed by atoms with Gasteiger partial charge in [-0.2, -0.15) is 0 Å². The number of furan rings is 1. The van der Waals surface area contributed by atoms with Crippen LogP contribution in [0.15, 0.2) is 28.7 Å². The zero-order chi connectivity index (χ0) is 17.4. The molecule has 0 radical (unpaired) electrons. The van der Waals surface area contributed by atoms with E-state index in [9.17, 15) is 4.79 Å². The second-order valence-corrected chi connectivity index (χ2v) is 5.94. The highest BCUT2D eigenvalue weighted by Crippen LogP contribution is 2.33. The van der Waals surface area contributed by atoms with E-state index in [1.165, 1.54) is 0 Å². The minimum absolute atomic E-state index is 0.00751. The third-order valence-electron chi connectivity index (χ3n) is 3.81. The lowest BCUT2D eigenvalue weighted by Crippen LogP contribution is -2.05. The van der Waals surface area contributed by atoms with Crippen molar-refractivity contribution in [1.82, 2.24) is 4.98 Å². The number of aryl methyl sites for hydroxylation is 2. The summed E-state index contributed by atoms with van der Waals surface area (Å²) >= 11 is 6.08. The molecule has 0 aliphatic carbocycles. The molecule has 2 N–H and O–H groups in total. The van der Waals surface area contributed by atoms with Crippen molar-refractivity contribution in [2.45, 2.75) is 20.8 Å². The summed E-state index contributed by atoms with van der Waals surface area (Å²) in [7, 11) is 0. The lowest BCUT2D eigenvalue weighted by molar-refractivity contribution is 0.0494. The van der Waals surface area contributed by atoms with Crippen LogP contribution in [0.3, 0.4) is 0 Å². The summed E-state index contributed by atoms with van der Waals surface area (Å²) < 4.78 is 10.5. The molecule has 0 bridgehead atoms. The van der Waals surface area contributed by atoms with E-state index in [4.69, 9.17) is 26.5 Å². The number of hydrogen-bond donors (Lipinski definition) is 1. The number of aromatic nitrogens is 1. The summed E-state index contributed by atoms with van der Waals surface area (Å²) in [4.78, 5) is 16.4. The number of ether oxygens (including phenoxy) is 1. The molecule has 1 aromatic carbocycles. The van der Waals surface area contributed by atoms with Crippen molar-refractivity contribution in [1.29, 1.82) is 0 Å². The minimum atomic E-state index is -0.587. The van der Waals surface area contributed by atoms with Crippen LogP contribution in [0, 0.1) is 13.8 Å². The molecule has 2 aromatic heterocycles. The van der Waals surface area contributed by atoms with Crippen LogP contribution in [0.2, 0.25) is 5.02 Å². The van der Waals surface area contributed by atoms with Crippen molar-refractivity contribution in [3.05, 3.63) is 46.2 Å². The van der Waals surface area contributed by atoms with Crippen LogP contribution < -0.4 is 5.73 Å². The number of fused-ring (bicyclic) bond motifs is 1. The second-order valence-electron chi connectivity index (χ2n) is 5.53. The van der Waals surface area contributed by atoms with Gasteiger partial charge < -0.3 is 14.9 Å². The summed E-state index contributed by atoms with van der Waals surface area (Å²) in [6.07, 6.45) is 0. The molecule has 0 saturated heterocycles. The first-order valence-electron chi connectivity index (χ1n) is 7.55. The Balaban J connectivity index is 2.16. The number of anilines is 1. The largest absolute Gasteiger partial charge is 0.460 e. The van der Waals surface area contributed by atoms with Crippen molar-refractivity contribution in [3.63, 3.8) is 0 Å². The van der Waals surface area contributed by atoms with Gasteiger partial charge in [0.1, 0.15) is 0 Å². The highest BCUT2D eigenvalue weighted by atomic mass is 35.5. The molecule has 0 spiro atoms. The fourth-order valence-electron chi connectivity index (χ4n) is 2.61. The number of carbonyl (C=O) groups is 1. The molecular weight excluding hydrogens is 328 g/mol. The number of esters is 1. The van der Waals surface area contributed by atoms with E-state index in [-0.39, 0.29) is 18.1 Å². The number of hydrogen-bond acceptors (Lipinski definition) is 5. The van der Waals surface area contributed by atoms with Crippen LogP contribution in [0.5, 0.6) is 0 Å². The van der Waals surface area contributed by atoms with Crippen LogP contribution in [-0.4, -0.2) is 17.6 Å². The molecule has 0 fully saturated rings. The molecule has 3 aromatic rings. The molecular formula is C18H17ClN2O3. The van der Waals surface area contributed by atoms with Gasteiger partial charge in [0.2, 0.25) is 11.5 Å². The Bertz CT molecular complexity index is 947. The SMILES string of the molecule is CCOC(=O)c1oc2nc(-c3ccc(Cl)c(C)c3)cc(C)c2c1N. The van der Waals surface area contributed by atoms with Crippen LogP contribution in [0.1, 0.15) is 28.6 Å². The van der Waals surface area contributed by atoms with E-state index in [1.807, 2.05) is 38.1 Å². The third kappa shape index (κ3) is 2.71. The number of carbonyl (C=O) groups excluding carboxylic acids is 1. The second kappa shape index (κ2) is 6.17. The maximum absolute atomic E-state index is 11.9. The maximum atomic E-state index is 11.9. The minimum Gasteiger partial charge on any atom is -0.460 e. The lowest BCUT2D eigenvalue weighted by Gasteiger charge is -2.05. The zero-order valence-electron chi connectivity index (χ0n) is 13.6. The monoisotopic (exact) mass is 344 g/mol. The molecule has 5 nitrogen and oxygen atoms in total. The Hall–Kier alpha value is -2.53. The van der Waals surface area contributed by atoms with Crippen molar-refractivity contribution < 1.29 is 13.9 Å². The Kier molecular flexibility index (Phi) is 4.20. The van der Waals surface area contributed by atoms with Gasteiger partial charge in [-0.15, -0.1) is 0 Å². The molecule has 0 saturated carbocycles. The fraction of sp³-hybridized carbons (Fsp3) is 0.222. The molecule has 0 atom stereocenters. The highest BCUT2D eigenvalue weighted by Gasteiger charge is 2.22. The van der Waals surface area contributed by atoms with E-state index >= 15 is 0 Å². The molecule has 0 unspecified atom stereocenters. The molecule has 6 heteroatoms. The molecule has 0 amide bonds. The third-order valence-corrected chi connectivity index (χ3v) is 4.23. The number of pyridine rings is 1. The fourth-order valence-corrected chi connectivity index (χ4v) is 2.73. The normalized spacial score (nSPS) is 11.0. The van der Waals surface area contributed by atoms with Gasteiger partial charge in [-0.3, -0.25) is 0 Å². The van der Waals surface area contributed by atoms with Gasteiger partial charge in [0, 0.05) is 10.6 Å². The maximum Gasteiger partial charge on any atom is 0.376 e. The summed E-state index contributed by atoms with van der Waals surface area (Å²) in [6.45, 7) is 5.80. The zero-order valence-corrected chi connectivity index (χ0v) is 14.4. The van der Waals surface area contributed by atoms with Crippen molar-refractivity contribution in [2.75, 3.05) is 12.3 Å². The van der Waals surface area contributed by atoms with Crippen LogP contribution in [0.4, 0.5) is 5.69 Å². The predicted molar refractivity (Wildman–Crippen MR) is 94.3 cm³/mol. The molecule has 3 rings (SSSR count). The number of nitrogens with two attached hydrogens (primary N) is 1. The first-order chi connectivity index (χ1) is 11.4. The number of rotatable bonds is 3. The van der Waals surface area contributed by atoms with E-state index in [2.05, 4.69) is 4.98 Å². The molecule has 124 valence electrons. The molecule has 0 aliphatic rings. The van der Waals surface area contributed by atoms with Gasteiger partial charge in [0.15, 0.2) is 0 Å². The van der Waals surface area contributed by atoms with Crippen molar-refractivity contribution >= 4 is 34.4 Å². The van der Waals surface area contributed by atoms with E-state index < -0.39 is 5.97 Å². The average molecular weight is 345 g/mol. The van der Waals surface area contributed by atoms with Crippen molar-refractivity contribution in [2.24, 2.45) is 0 Å². The topological polar surface area (TPSA) is 78.3 Å². The Morgan fingerprint density at radius 2 is 2.04 bits per heavy atom. The smallest absolute Gasteiger partial charge is 0.376 e. The van der Waals surface area contributed by atoms with E-state index in [0.29, 0.717) is 16.1 Å². The van der Waals surface area contributed by atoms with Gasteiger partial charge in [0.05, 0.1) is 23.4 Å². The van der Waals surface area contributed by atoms with Gasteiger partial charge in [-0.25, -0.2) is 9.78 Å². The summed E-state index contributed by atoms with van der Waals surface area (Å²) in [5.74, 6) is -0.594. The Labute approximate surface area is 144 Å². The van der Waals surface area contributed by atoms with Crippen LogP contribution >= 0.6 is 11.6 Å². The summed E-state index contributed by atoms with van der Waals surface area (Å²) in [6, 6.07) is 7.58. The quantitative estimate of drug-likeness (QED) is 0.706. The molecule has 2 heterocycles. The van der Waals surface area contributed by atoms with Gasteiger partial charge in [-0.05, 0) is 50.1 Å². The Morgan fingerprint density at radius 3 is 2.71 bits per heavy atom. The average Bonchev–Trinajstić information content (AvgIpc) is 2.87. The first kappa shape index (κ1) is 16.3.